The predicted octanol–water partition coefficient (Wildman–Crippen LogP) is 2.04. The van der Waals surface area contributed by atoms with Crippen molar-refractivity contribution in [2.24, 2.45) is 11.7 Å². The molecule has 2 unspecified atom stereocenters. The van der Waals surface area contributed by atoms with Crippen molar-refractivity contribution in [1.82, 2.24) is 5.32 Å². The number of nitrogens with one attached hydrogen (secondary N) is 1. The van der Waals surface area contributed by atoms with Gasteiger partial charge in [-0.3, -0.25) is 0 Å². The molecule has 3 N–H and O–H groups in total. The lowest BCUT2D eigenvalue weighted by Crippen LogP contribution is -2.50. The van der Waals surface area contributed by atoms with E-state index < -0.39 is 11.7 Å². The van der Waals surface area contributed by atoms with Crippen molar-refractivity contribution in [3.63, 3.8) is 0 Å². The maximum Gasteiger partial charge on any atom is 0.406 e. The fourth-order valence-electron chi connectivity index (χ4n) is 1.50. The van der Waals surface area contributed by atoms with Crippen molar-refractivity contribution in [2.75, 3.05) is 6.54 Å². The van der Waals surface area contributed by atoms with Crippen LogP contribution >= 0.6 is 0 Å². The monoisotopic (exact) mass is 224 g/mol. The van der Waals surface area contributed by atoms with Gasteiger partial charge < -0.3 is 11.1 Å². The maximum absolute atomic E-state index is 12.5. The van der Waals surface area contributed by atoms with Gasteiger partial charge in [-0.25, -0.2) is 0 Å². The van der Waals surface area contributed by atoms with E-state index in [-0.39, 0.29) is 31.3 Å². The molecule has 2 nitrogen and oxygen atoms in total. The molecule has 2 atom stereocenters. The maximum atomic E-state index is 12.5. The van der Waals surface area contributed by atoms with Crippen molar-refractivity contribution in [3.05, 3.63) is 0 Å². The summed E-state index contributed by atoms with van der Waals surface area (Å²) >= 11 is 0. The number of hydrogen-bond donors (Lipinski definition) is 2. The lowest BCUT2D eigenvalue weighted by molar-refractivity contribution is -0.166. The molecular formula is C10H19F3N2. The van der Waals surface area contributed by atoms with Crippen LogP contribution in [0.1, 0.15) is 33.1 Å². The van der Waals surface area contributed by atoms with Gasteiger partial charge in [0.1, 0.15) is 5.54 Å². The molecule has 0 heterocycles. The molecule has 0 aromatic heterocycles. The van der Waals surface area contributed by atoms with Crippen molar-refractivity contribution >= 4 is 0 Å². The molecule has 0 radical (unpaired) electrons. The van der Waals surface area contributed by atoms with Gasteiger partial charge in [-0.1, -0.05) is 20.3 Å². The van der Waals surface area contributed by atoms with Crippen molar-refractivity contribution in [1.29, 1.82) is 0 Å². The summed E-state index contributed by atoms with van der Waals surface area (Å²) in [6.07, 6.45) is -2.88. The second-order valence-electron chi connectivity index (χ2n) is 4.51. The molecule has 15 heavy (non-hydrogen) atoms. The molecule has 0 spiro atoms. The van der Waals surface area contributed by atoms with E-state index in [1.807, 2.05) is 13.8 Å². The van der Waals surface area contributed by atoms with Crippen LogP contribution in [0.5, 0.6) is 0 Å². The van der Waals surface area contributed by atoms with E-state index in [9.17, 15) is 13.2 Å². The third-order valence-corrected chi connectivity index (χ3v) is 3.34. The Morgan fingerprint density at radius 3 is 2.27 bits per heavy atom. The van der Waals surface area contributed by atoms with E-state index in [0.717, 1.165) is 6.42 Å². The van der Waals surface area contributed by atoms with Gasteiger partial charge in [0.15, 0.2) is 0 Å². The van der Waals surface area contributed by atoms with Crippen LogP contribution in [-0.4, -0.2) is 24.3 Å². The Kier molecular flexibility index (Phi) is 3.66. The predicted molar refractivity (Wildman–Crippen MR) is 53.5 cm³/mol. The van der Waals surface area contributed by atoms with Gasteiger partial charge in [0.2, 0.25) is 0 Å². The molecule has 90 valence electrons. The van der Waals surface area contributed by atoms with E-state index in [4.69, 9.17) is 5.73 Å². The molecule has 1 rings (SSSR count). The number of rotatable bonds is 5. The van der Waals surface area contributed by atoms with E-state index in [0.29, 0.717) is 0 Å². The minimum Gasteiger partial charge on any atom is -0.326 e. The van der Waals surface area contributed by atoms with Crippen LogP contribution in [-0.2, 0) is 0 Å². The molecular weight excluding hydrogens is 205 g/mol. The highest BCUT2D eigenvalue weighted by Gasteiger charge is 2.63. The SMILES string of the molecule is CCC(C)C(N)CNC1(C(F)(F)F)CC1. The van der Waals surface area contributed by atoms with Gasteiger partial charge in [0.05, 0.1) is 0 Å². The highest BCUT2D eigenvalue weighted by Crippen LogP contribution is 2.48. The Bertz CT molecular complexity index is 211. The number of halogens is 3. The third kappa shape index (κ3) is 2.84. The topological polar surface area (TPSA) is 38.0 Å². The standard InChI is InChI=1S/C10H19F3N2/c1-3-7(2)8(14)6-15-9(4-5-9)10(11,12)13/h7-8,15H,3-6,14H2,1-2H3. The third-order valence-electron chi connectivity index (χ3n) is 3.34. The average molecular weight is 224 g/mol. The molecule has 0 aromatic carbocycles. The summed E-state index contributed by atoms with van der Waals surface area (Å²) in [6.45, 7) is 4.19. The summed E-state index contributed by atoms with van der Waals surface area (Å²) in [4.78, 5) is 0. The summed E-state index contributed by atoms with van der Waals surface area (Å²) in [6, 6.07) is -0.199. The molecule has 5 heteroatoms. The summed E-state index contributed by atoms with van der Waals surface area (Å²) in [5.41, 5.74) is 4.15. The van der Waals surface area contributed by atoms with Crippen molar-refractivity contribution in [3.8, 4) is 0 Å². The molecule has 0 aliphatic heterocycles. The minimum atomic E-state index is -4.14. The van der Waals surface area contributed by atoms with E-state index in [2.05, 4.69) is 5.32 Å². The quantitative estimate of drug-likeness (QED) is 0.750. The van der Waals surface area contributed by atoms with E-state index in [1.54, 1.807) is 0 Å². The first-order valence-corrected chi connectivity index (χ1v) is 5.40. The van der Waals surface area contributed by atoms with Gasteiger partial charge >= 0.3 is 6.18 Å². The molecule has 1 aliphatic rings. The van der Waals surface area contributed by atoms with Gasteiger partial charge in [-0.05, 0) is 18.8 Å². The molecule has 1 saturated carbocycles. The van der Waals surface area contributed by atoms with Gasteiger partial charge in [0.25, 0.3) is 0 Å². The van der Waals surface area contributed by atoms with Crippen LogP contribution in [0.4, 0.5) is 13.2 Å². The zero-order valence-electron chi connectivity index (χ0n) is 9.19. The zero-order chi connectivity index (χ0) is 11.7. The smallest absolute Gasteiger partial charge is 0.326 e. The van der Waals surface area contributed by atoms with Gasteiger partial charge in [-0.15, -0.1) is 0 Å². The van der Waals surface area contributed by atoms with Crippen LogP contribution in [0.3, 0.4) is 0 Å². The van der Waals surface area contributed by atoms with Crippen LogP contribution in [0, 0.1) is 5.92 Å². The minimum absolute atomic E-state index is 0.184. The number of nitrogens with two attached hydrogens (primary N) is 1. The Morgan fingerprint density at radius 1 is 1.40 bits per heavy atom. The molecule has 1 aliphatic carbocycles. The Hall–Kier alpha value is -0.290. The van der Waals surface area contributed by atoms with Crippen LogP contribution in [0.15, 0.2) is 0 Å². The molecule has 0 amide bonds. The van der Waals surface area contributed by atoms with Crippen molar-refractivity contribution < 1.29 is 13.2 Å². The largest absolute Gasteiger partial charge is 0.406 e. The Balaban J connectivity index is 2.38. The highest BCUT2D eigenvalue weighted by molar-refractivity contribution is 5.08. The first-order valence-electron chi connectivity index (χ1n) is 5.40. The molecule has 0 bridgehead atoms. The average Bonchev–Trinajstić information content (AvgIpc) is 2.92. The normalized spacial score (nSPS) is 23.6. The Labute approximate surface area is 88.4 Å². The fourth-order valence-corrected chi connectivity index (χ4v) is 1.50. The fraction of sp³-hybridized carbons (Fsp3) is 1.00. The first kappa shape index (κ1) is 12.8. The molecule has 0 saturated heterocycles. The van der Waals surface area contributed by atoms with Crippen LogP contribution in [0.2, 0.25) is 0 Å². The van der Waals surface area contributed by atoms with Crippen molar-refractivity contribution in [2.45, 2.75) is 50.9 Å². The summed E-state index contributed by atoms with van der Waals surface area (Å²) < 4.78 is 37.6. The molecule has 0 aromatic rings. The van der Waals surface area contributed by atoms with E-state index >= 15 is 0 Å². The lowest BCUT2D eigenvalue weighted by atomic mass is 10.00. The second kappa shape index (κ2) is 4.29. The highest BCUT2D eigenvalue weighted by atomic mass is 19.4. The molecule has 1 fully saturated rings. The van der Waals surface area contributed by atoms with Gasteiger partial charge in [-0.2, -0.15) is 13.2 Å². The number of alkyl halides is 3. The second-order valence-corrected chi connectivity index (χ2v) is 4.51. The lowest BCUT2D eigenvalue weighted by Gasteiger charge is -2.25. The van der Waals surface area contributed by atoms with Crippen LogP contribution in [0.25, 0.3) is 0 Å². The van der Waals surface area contributed by atoms with Gasteiger partial charge in [0, 0.05) is 12.6 Å². The van der Waals surface area contributed by atoms with Crippen LogP contribution < -0.4 is 11.1 Å². The Morgan fingerprint density at radius 2 is 1.93 bits per heavy atom. The summed E-state index contributed by atoms with van der Waals surface area (Å²) in [5.74, 6) is 0.251. The van der Waals surface area contributed by atoms with E-state index in [1.165, 1.54) is 0 Å². The zero-order valence-corrected chi connectivity index (χ0v) is 9.19. The summed E-state index contributed by atoms with van der Waals surface area (Å²) in [5, 5.41) is 2.58. The first-order chi connectivity index (χ1) is 6.82. The number of hydrogen-bond acceptors (Lipinski definition) is 2. The summed E-state index contributed by atoms with van der Waals surface area (Å²) in [7, 11) is 0.